The summed E-state index contributed by atoms with van der Waals surface area (Å²) in [7, 11) is 3.13. The van der Waals surface area contributed by atoms with Gasteiger partial charge < -0.3 is 19.7 Å². The van der Waals surface area contributed by atoms with Gasteiger partial charge in [-0.2, -0.15) is 0 Å². The molecule has 2 unspecified atom stereocenters. The number of hydrogen-bond acceptors (Lipinski definition) is 4. The molecule has 0 saturated carbocycles. The number of para-hydroxylation sites is 1. The van der Waals surface area contributed by atoms with E-state index in [1.165, 1.54) is 5.56 Å². The maximum absolute atomic E-state index is 13.0. The van der Waals surface area contributed by atoms with Crippen LogP contribution >= 0.6 is 0 Å². The molecule has 0 spiro atoms. The molecular weight excluding hydrogens is 370 g/mol. The number of rotatable bonds is 4. The first-order valence-corrected chi connectivity index (χ1v) is 9.72. The van der Waals surface area contributed by atoms with Crippen molar-refractivity contribution in [1.82, 2.24) is 5.32 Å². The van der Waals surface area contributed by atoms with Crippen LogP contribution in [0, 0.1) is 0 Å². The van der Waals surface area contributed by atoms with E-state index in [1.54, 1.807) is 36.2 Å². The van der Waals surface area contributed by atoms with E-state index >= 15 is 0 Å². The lowest BCUT2D eigenvalue weighted by Crippen LogP contribution is -2.48. The second kappa shape index (κ2) is 7.66. The number of methoxy groups -OCH3 is 2. The van der Waals surface area contributed by atoms with Crippen LogP contribution in [-0.2, 0) is 11.2 Å². The van der Waals surface area contributed by atoms with Gasteiger partial charge >= 0.3 is 6.03 Å². The number of urea groups is 1. The van der Waals surface area contributed by atoms with Gasteiger partial charge in [0.2, 0.25) is 5.91 Å². The molecule has 0 aromatic heterocycles. The third kappa shape index (κ3) is 3.48. The van der Waals surface area contributed by atoms with Crippen LogP contribution in [0.2, 0.25) is 0 Å². The highest BCUT2D eigenvalue weighted by Gasteiger charge is 2.36. The van der Waals surface area contributed by atoms with E-state index in [0.29, 0.717) is 18.0 Å². The Labute approximate surface area is 170 Å². The first-order chi connectivity index (χ1) is 14.0. The number of nitrogens with zero attached hydrogens (tertiary/aromatic N) is 2. The highest BCUT2D eigenvalue weighted by atomic mass is 16.5. The molecule has 152 valence electrons. The Morgan fingerprint density at radius 1 is 1.07 bits per heavy atom. The van der Waals surface area contributed by atoms with E-state index in [2.05, 4.69) is 11.4 Å². The van der Waals surface area contributed by atoms with E-state index in [9.17, 15) is 9.59 Å². The van der Waals surface area contributed by atoms with Crippen LogP contribution < -0.4 is 24.6 Å². The van der Waals surface area contributed by atoms with E-state index in [1.807, 2.05) is 31.2 Å². The molecule has 4 rings (SSSR count). The van der Waals surface area contributed by atoms with Crippen LogP contribution in [0.25, 0.3) is 0 Å². The van der Waals surface area contributed by atoms with Crippen LogP contribution in [0.15, 0.2) is 42.5 Å². The summed E-state index contributed by atoms with van der Waals surface area (Å²) < 4.78 is 10.6. The minimum absolute atomic E-state index is 0.0302. The van der Waals surface area contributed by atoms with Crippen LogP contribution in [0.4, 0.5) is 16.2 Å². The Hall–Kier alpha value is -3.22. The molecule has 1 fully saturated rings. The lowest BCUT2D eigenvalue weighted by atomic mass is 10.1. The van der Waals surface area contributed by atoms with Crippen LogP contribution in [0.5, 0.6) is 11.5 Å². The standard InChI is InChI=1S/C22H25N3O4/c1-14-10-15-6-4-5-7-18(15)25(14)22(27)23-16-11-21(26)24(13-16)17-8-9-19(28-2)20(12-17)29-3/h4-9,12,14,16H,10-11,13H2,1-3H3,(H,23,27). The number of amides is 3. The number of anilines is 2. The topological polar surface area (TPSA) is 71.1 Å². The summed E-state index contributed by atoms with van der Waals surface area (Å²) in [5.74, 6) is 1.14. The maximum atomic E-state index is 13.0. The molecule has 2 aromatic rings. The first kappa shape index (κ1) is 19.1. The van der Waals surface area contributed by atoms with Crippen molar-refractivity contribution in [1.29, 1.82) is 0 Å². The number of benzene rings is 2. The molecule has 1 N–H and O–H groups in total. The van der Waals surface area contributed by atoms with Crippen LogP contribution in [-0.4, -0.2) is 44.8 Å². The smallest absolute Gasteiger partial charge is 0.322 e. The van der Waals surface area contributed by atoms with Crippen molar-refractivity contribution >= 4 is 23.3 Å². The van der Waals surface area contributed by atoms with Gasteiger partial charge in [0.25, 0.3) is 0 Å². The number of nitrogens with one attached hydrogen (secondary N) is 1. The predicted molar refractivity (Wildman–Crippen MR) is 111 cm³/mol. The molecule has 7 heteroatoms. The molecule has 3 amide bonds. The van der Waals surface area contributed by atoms with E-state index in [4.69, 9.17) is 9.47 Å². The molecule has 0 aliphatic carbocycles. The van der Waals surface area contributed by atoms with Gasteiger partial charge in [0.1, 0.15) is 0 Å². The molecule has 29 heavy (non-hydrogen) atoms. The molecule has 2 heterocycles. The minimum Gasteiger partial charge on any atom is -0.493 e. The Morgan fingerprint density at radius 3 is 2.59 bits per heavy atom. The van der Waals surface area contributed by atoms with Gasteiger partial charge in [0, 0.05) is 36.4 Å². The van der Waals surface area contributed by atoms with Crippen molar-refractivity contribution in [3.8, 4) is 11.5 Å². The Kier molecular flexibility index (Phi) is 5.05. The van der Waals surface area contributed by atoms with Gasteiger partial charge in [-0.05, 0) is 37.1 Å². The summed E-state index contributed by atoms with van der Waals surface area (Å²) in [4.78, 5) is 29.0. The lowest BCUT2D eigenvalue weighted by Gasteiger charge is -2.25. The molecule has 2 atom stereocenters. The summed E-state index contributed by atoms with van der Waals surface area (Å²) >= 11 is 0. The first-order valence-electron chi connectivity index (χ1n) is 9.72. The fourth-order valence-corrected chi connectivity index (χ4v) is 4.17. The largest absolute Gasteiger partial charge is 0.493 e. The Bertz CT molecular complexity index is 945. The second-order valence-electron chi connectivity index (χ2n) is 7.45. The van der Waals surface area contributed by atoms with E-state index in [-0.39, 0.29) is 30.4 Å². The van der Waals surface area contributed by atoms with Crippen molar-refractivity contribution < 1.29 is 19.1 Å². The monoisotopic (exact) mass is 395 g/mol. The average Bonchev–Trinajstić information content (AvgIpc) is 3.25. The number of carbonyl (C=O) groups is 2. The van der Waals surface area contributed by atoms with Gasteiger partial charge in [-0.3, -0.25) is 9.69 Å². The van der Waals surface area contributed by atoms with Crippen molar-refractivity contribution in [2.45, 2.75) is 31.8 Å². The van der Waals surface area contributed by atoms with Crippen molar-refractivity contribution in [2.24, 2.45) is 0 Å². The maximum Gasteiger partial charge on any atom is 0.322 e. The molecule has 2 aliphatic heterocycles. The second-order valence-corrected chi connectivity index (χ2v) is 7.45. The highest BCUT2D eigenvalue weighted by molar-refractivity contribution is 5.99. The summed E-state index contributed by atoms with van der Waals surface area (Å²) in [6.45, 7) is 2.46. The summed E-state index contributed by atoms with van der Waals surface area (Å²) in [6.07, 6.45) is 1.11. The van der Waals surface area contributed by atoms with E-state index < -0.39 is 0 Å². The van der Waals surface area contributed by atoms with Gasteiger partial charge in [-0.25, -0.2) is 4.79 Å². The molecule has 0 radical (unpaired) electrons. The molecule has 2 aliphatic rings. The zero-order valence-electron chi connectivity index (χ0n) is 16.8. The Balaban J connectivity index is 1.47. The van der Waals surface area contributed by atoms with Crippen LogP contribution in [0.3, 0.4) is 0 Å². The van der Waals surface area contributed by atoms with Crippen LogP contribution in [0.1, 0.15) is 18.9 Å². The number of fused-ring (bicyclic) bond motifs is 1. The summed E-state index contributed by atoms with van der Waals surface area (Å²) in [5, 5.41) is 3.04. The third-order valence-electron chi connectivity index (χ3n) is 5.56. The highest BCUT2D eigenvalue weighted by Crippen LogP contribution is 2.34. The summed E-state index contributed by atoms with van der Waals surface area (Å²) in [5.41, 5.74) is 2.84. The SMILES string of the molecule is COc1ccc(N2CC(NC(=O)N3c4ccccc4CC3C)CC2=O)cc1OC. The van der Waals surface area contributed by atoms with Crippen molar-refractivity contribution in [3.05, 3.63) is 48.0 Å². The number of hydrogen-bond donors (Lipinski definition) is 1. The Morgan fingerprint density at radius 2 is 1.83 bits per heavy atom. The molecule has 1 saturated heterocycles. The minimum atomic E-state index is -0.247. The van der Waals surface area contributed by atoms with E-state index in [0.717, 1.165) is 17.8 Å². The molecule has 7 nitrogen and oxygen atoms in total. The number of carbonyl (C=O) groups excluding carboxylic acids is 2. The van der Waals surface area contributed by atoms with Crippen molar-refractivity contribution in [3.63, 3.8) is 0 Å². The molecular formula is C22H25N3O4. The van der Waals surface area contributed by atoms with Gasteiger partial charge in [-0.15, -0.1) is 0 Å². The van der Waals surface area contributed by atoms with Crippen molar-refractivity contribution in [2.75, 3.05) is 30.6 Å². The van der Waals surface area contributed by atoms with Gasteiger partial charge in [-0.1, -0.05) is 18.2 Å². The zero-order valence-corrected chi connectivity index (χ0v) is 16.8. The fraction of sp³-hybridized carbons (Fsp3) is 0.364. The molecule has 0 bridgehead atoms. The quantitative estimate of drug-likeness (QED) is 0.864. The average molecular weight is 395 g/mol. The fourth-order valence-electron chi connectivity index (χ4n) is 4.17. The lowest BCUT2D eigenvalue weighted by molar-refractivity contribution is -0.117. The zero-order chi connectivity index (χ0) is 20.5. The summed E-state index contributed by atoms with van der Waals surface area (Å²) in [6, 6.07) is 13.0. The normalized spacial score (nSPS) is 20.6. The third-order valence-corrected chi connectivity index (χ3v) is 5.56. The van der Waals surface area contributed by atoms with Gasteiger partial charge in [0.05, 0.1) is 20.3 Å². The molecule has 2 aromatic carbocycles. The van der Waals surface area contributed by atoms with Gasteiger partial charge in [0.15, 0.2) is 11.5 Å². The predicted octanol–water partition coefficient (Wildman–Crippen LogP) is 2.97. The number of ether oxygens (including phenoxy) is 2.